The second kappa shape index (κ2) is 8.79. The minimum absolute atomic E-state index is 0.0239. The Bertz CT molecular complexity index is 1310. The quantitative estimate of drug-likeness (QED) is 0.621. The molecule has 0 radical (unpaired) electrons. The zero-order valence-corrected chi connectivity index (χ0v) is 21.4. The molecule has 11 heteroatoms. The predicted molar refractivity (Wildman–Crippen MR) is 131 cm³/mol. The van der Waals surface area contributed by atoms with Crippen LogP contribution in [0.15, 0.2) is 36.5 Å². The Hall–Kier alpha value is -3.08. The van der Waals surface area contributed by atoms with Crippen LogP contribution in [0.2, 0.25) is 0 Å². The summed E-state index contributed by atoms with van der Waals surface area (Å²) >= 11 is 0. The van der Waals surface area contributed by atoms with E-state index in [2.05, 4.69) is 10.3 Å². The van der Waals surface area contributed by atoms with Gasteiger partial charge in [-0.1, -0.05) is 0 Å². The zero-order valence-electron chi connectivity index (χ0n) is 20.6. The molecule has 4 rings (SSSR count). The zero-order chi connectivity index (χ0) is 26.5. The lowest BCUT2D eigenvalue weighted by Gasteiger charge is -2.34. The van der Waals surface area contributed by atoms with Gasteiger partial charge in [0.25, 0.3) is 11.8 Å². The van der Waals surface area contributed by atoms with Gasteiger partial charge < -0.3 is 10.1 Å². The first-order valence-corrected chi connectivity index (χ1v) is 13.4. The van der Waals surface area contributed by atoms with E-state index in [0.717, 1.165) is 6.92 Å². The Balaban J connectivity index is 1.60. The number of fused-ring (bicyclic) bond motifs is 1. The summed E-state index contributed by atoms with van der Waals surface area (Å²) < 4.78 is 55.2. The fourth-order valence-electron chi connectivity index (χ4n) is 4.39. The predicted octanol–water partition coefficient (Wildman–Crippen LogP) is 3.77. The largest absolute Gasteiger partial charge is 0.487 e. The normalized spacial score (nSPS) is 20.1. The van der Waals surface area contributed by atoms with Gasteiger partial charge in [-0.3, -0.25) is 14.5 Å². The highest BCUT2D eigenvalue weighted by atomic mass is 32.2. The summed E-state index contributed by atoms with van der Waals surface area (Å²) in [5.41, 5.74) is -0.130. The van der Waals surface area contributed by atoms with Gasteiger partial charge in [-0.25, -0.2) is 22.2 Å². The Morgan fingerprint density at radius 3 is 2.47 bits per heavy atom. The molecule has 0 saturated carbocycles. The maximum absolute atomic E-state index is 13.4. The number of halogens is 2. The van der Waals surface area contributed by atoms with E-state index in [-0.39, 0.29) is 34.9 Å². The highest BCUT2D eigenvalue weighted by molar-refractivity contribution is 7.91. The standard InChI is InChI=1S/C25H29F2N3O5S/c1-23(2)18-13-16(21(31)29-24(3)8-11-36(33,34)12-9-24)5-6-19(18)30(22(23)32)20-14-17(7-10-28-20)35-15-25(4,26)27/h5-7,10,13-14H,8-9,11-12,15H2,1-4H3,(H,29,31). The minimum Gasteiger partial charge on any atom is -0.487 e. The summed E-state index contributed by atoms with van der Waals surface area (Å²) in [6, 6.07) is 7.76. The number of aromatic nitrogens is 1. The van der Waals surface area contributed by atoms with Crippen molar-refractivity contribution in [1.29, 1.82) is 0 Å². The van der Waals surface area contributed by atoms with Gasteiger partial charge in [0.1, 0.15) is 21.4 Å². The number of hydrogen-bond donors (Lipinski definition) is 1. The van der Waals surface area contributed by atoms with Crippen molar-refractivity contribution in [2.45, 2.75) is 57.4 Å². The smallest absolute Gasteiger partial charge is 0.278 e. The van der Waals surface area contributed by atoms with E-state index in [9.17, 15) is 26.8 Å². The van der Waals surface area contributed by atoms with Crippen molar-refractivity contribution in [2.24, 2.45) is 0 Å². The third kappa shape index (κ3) is 5.21. The first-order chi connectivity index (χ1) is 16.6. The van der Waals surface area contributed by atoms with Crippen LogP contribution in [-0.4, -0.2) is 54.8 Å². The number of benzene rings is 1. The second-order valence-electron chi connectivity index (χ2n) is 10.4. The highest BCUT2D eigenvalue weighted by Gasteiger charge is 2.45. The highest BCUT2D eigenvalue weighted by Crippen LogP contribution is 2.45. The molecule has 36 heavy (non-hydrogen) atoms. The minimum atomic E-state index is -3.08. The van der Waals surface area contributed by atoms with E-state index < -0.39 is 33.3 Å². The van der Waals surface area contributed by atoms with Gasteiger partial charge in [0.15, 0.2) is 6.61 Å². The van der Waals surface area contributed by atoms with E-state index in [1.165, 1.54) is 23.2 Å². The molecule has 0 unspecified atom stereocenters. The number of alkyl halides is 2. The average Bonchev–Trinajstić information content (AvgIpc) is 2.99. The Labute approximate surface area is 209 Å². The second-order valence-corrected chi connectivity index (χ2v) is 12.7. The molecule has 2 aromatic rings. The van der Waals surface area contributed by atoms with E-state index in [1.807, 2.05) is 6.92 Å². The molecule has 1 saturated heterocycles. The van der Waals surface area contributed by atoms with Crippen molar-refractivity contribution in [3.63, 3.8) is 0 Å². The molecule has 1 fully saturated rings. The number of hydrogen-bond acceptors (Lipinski definition) is 6. The molecular weight excluding hydrogens is 492 g/mol. The molecule has 2 amide bonds. The molecule has 1 aromatic heterocycles. The summed E-state index contributed by atoms with van der Waals surface area (Å²) in [4.78, 5) is 32.1. The van der Waals surface area contributed by atoms with Gasteiger partial charge in [-0.2, -0.15) is 0 Å². The number of sulfone groups is 1. The number of carbonyl (C=O) groups is 2. The number of amides is 2. The molecule has 1 aromatic carbocycles. The van der Waals surface area contributed by atoms with Crippen LogP contribution in [0.5, 0.6) is 5.75 Å². The van der Waals surface area contributed by atoms with E-state index >= 15 is 0 Å². The van der Waals surface area contributed by atoms with Crippen molar-refractivity contribution in [1.82, 2.24) is 10.3 Å². The fraction of sp³-hybridized carbons (Fsp3) is 0.480. The third-order valence-corrected chi connectivity index (χ3v) is 8.35. The van der Waals surface area contributed by atoms with Gasteiger partial charge >= 0.3 is 0 Å². The third-order valence-electron chi connectivity index (χ3n) is 6.69. The maximum atomic E-state index is 13.4. The van der Waals surface area contributed by atoms with Crippen LogP contribution >= 0.6 is 0 Å². The monoisotopic (exact) mass is 521 g/mol. The topological polar surface area (TPSA) is 106 Å². The van der Waals surface area contributed by atoms with Crippen LogP contribution in [0.4, 0.5) is 20.3 Å². The number of pyridine rings is 1. The lowest BCUT2D eigenvalue weighted by Crippen LogP contribution is -2.50. The number of rotatable bonds is 6. The van der Waals surface area contributed by atoms with Crippen molar-refractivity contribution in [3.05, 3.63) is 47.7 Å². The van der Waals surface area contributed by atoms with Gasteiger partial charge in [0, 0.05) is 30.3 Å². The number of ether oxygens (including phenoxy) is 1. The lowest BCUT2D eigenvalue weighted by atomic mass is 9.85. The molecule has 0 atom stereocenters. The van der Waals surface area contributed by atoms with Crippen LogP contribution in [0, 0.1) is 0 Å². The molecule has 3 heterocycles. The number of anilines is 2. The Morgan fingerprint density at radius 2 is 1.83 bits per heavy atom. The van der Waals surface area contributed by atoms with Crippen LogP contribution in [0.25, 0.3) is 0 Å². The van der Waals surface area contributed by atoms with Crippen molar-refractivity contribution in [3.8, 4) is 5.75 Å². The molecule has 0 aliphatic carbocycles. The summed E-state index contributed by atoms with van der Waals surface area (Å²) in [6.07, 6.45) is 2.04. The van der Waals surface area contributed by atoms with E-state index in [1.54, 1.807) is 32.0 Å². The Morgan fingerprint density at radius 1 is 1.17 bits per heavy atom. The van der Waals surface area contributed by atoms with Crippen LogP contribution < -0.4 is 15.0 Å². The number of carbonyl (C=O) groups excluding carboxylic acids is 2. The summed E-state index contributed by atoms with van der Waals surface area (Å²) in [5, 5.41) is 2.96. The van der Waals surface area contributed by atoms with Crippen molar-refractivity contribution < 1.29 is 31.5 Å². The van der Waals surface area contributed by atoms with E-state index in [0.29, 0.717) is 29.7 Å². The fourth-order valence-corrected chi connectivity index (χ4v) is 6.11. The number of nitrogens with one attached hydrogen (secondary N) is 1. The first-order valence-electron chi connectivity index (χ1n) is 11.6. The average molecular weight is 522 g/mol. The van der Waals surface area contributed by atoms with E-state index in [4.69, 9.17) is 4.74 Å². The van der Waals surface area contributed by atoms with Crippen molar-refractivity contribution in [2.75, 3.05) is 23.0 Å². The molecule has 0 bridgehead atoms. The van der Waals surface area contributed by atoms with Gasteiger partial charge in [-0.15, -0.1) is 0 Å². The molecule has 194 valence electrons. The SMILES string of the molecule is CC(F)(F)COc1ccnc(N2C(=O)C(C)(C)c3cc(C(=O)NC4(C)CCS(=O)(=O)CC4)ccc32)c1. The molecule has 2 aliphatic heterocycles. The molecule has 0 spiro atoms. The number of nitrogens with zero attached hydrogens (tertiary/aromatic N) is 2. The Kier molecular flexibility index (Phi) is 6.35. The van der Waals surface area contributed by atoms with Gasteiger partial charge in [-0.05, 0) is 63.4 Å². The van der Waals surface area contributed by atoms with Crippen LogP contribution in [-0.2, 0) is 20.0 Å². The van der Waals surface area contributed by atoms with Crippen LogP contribution in [0.1, 0.15) is 56.5 Å². The first kappa shape index (κ1) is 26.0. The summed E-state index contributed by atoms with van der Waals surface area (Å²) in [6.45, 7) is 5.25. The maximum Gasteiger partial charge on any atom is 0.278 e. The van der Waals surface area contributed by atoms with Crippen LogP contribution in [0.3, 0.4) is 0 Å². The molecule has 1 N–H and O–H groups in total. The molecule has 2 aliphatic rings. The molecular formula is C25H29F2N3O5S. The van der Waals surface area contributed by atoms with Gasteiger partial charge in [0.05, 0.1) is 22.6 Å². The van der Waals surface area contributed by atoms with Crippen molar-refractivity contribution >= 4 is 33.2 Å². The van der Waals surface area contributed by atoms with Gasteiger partial charge in [0.2, 0.25) is 5.91 Å². The lowest BCUT2D eigenvalue weighted by molar-refractivity contribution is -0.121. The summed E-state index contributed by atoms with van der Waals surface area (Å²) in [7, 11) is -3.08. The molecule has 8 nitrogen and oxygen atoms in total. The summed E-state index contributed by atoms with van der Waals surface area (Å²) in [5.74, 6) is -3.23.